The zero-order valence-electron chi connectivity index (χ0n) is 11.1. The third-order valence-electron chi connectivity index (χ3n) is 2.11. The van der Waals surface area contributed by atoms with Gasteiger partial charge in [0.2, 0.25) is 0 Å². The van der Waals surface area contributed by atoms with E-state index in [0.29, 0.717) is 0 Å². The molecular formula is C13H25NOS. The number of hydrogen-bond donors (Lipinski definition) is 0. The molecule has 0 aromatic carbocycles. The number of allylic oxidation sites excluding steroid dienone is 1. The van der Waals surface area contributed by atoms with Gasteiger partial charge in [-0.2, -0.15) is 4.36 Å². The molecule has 0 saturated carbocycles. The summed E-state index contributed by atoms with van der Waals surface area (Å²) in [5.74, 6) is 2.08. The molecule has 3 heteroatoms. The SMILES string of the molecule is CCCC(C)=CC(=O)N=S(CCC)CCC. The van der Waals surface area contributed by atoms with E-state index in [4.69, 9.17) is 0 Å². The highest BCUT2D eigenvalue weighted by atomic mass is 32.2. The van der Waals surface area contributed by atoms with Crippen molar-refractivity contribution in [2.24, 2.45) is 4.36 Å². The Morgan fingerprint density at radius 3 is 2.12 bits per heavy atom. The number of carbonyl (C=O) groups is 1. The minimum atomic E-state index is -0.0441. The minimum absolute atomic E-state index is 0.0313. The van der Waals surface area contributed by atoms with Gasteiger partial charge >= 0.3 is 0 Å². The number of carbonyl (C=O) groups excluding carboxylic acids is 1. The fourth-order valence-corrected chi connectivity index (χ4v) is 3.13. The molecule has 0 fully saturated rings. The summed E-state index contributed by atoms with van der Waals surface area (Å²) in [5, 5.41) is 0. The lowest BCUT2D eigenvalue weighted by atomic mass is 10.2. The van der Waals surface area contributed by atoms with E-state index in [1.54, 1.807) is 6.08 Å². The van der Waals surface area contributed by atoms with Crippen LogP contribution in [-0.4, -0.2) is 17.4 Å². The summed E-state index contributed by atoms with van der Waals surface area (Å²) in [7, 11) is -0.0441. The molecule has 0 aromatic rings. The number of nitrogens with zero attached hydrogens (tertiary/aromatic N) is 1. The van der Waals surface area contributed by atoms with Crippen molar-refractivity contribution in [3.8, 4) is 0 Å². The first kappa shape index (κ1) is 15.6. The third kappa shape index (κ3) is 7.80. The molecule has 0 radical (unpaired) electrons. The molecule has 1 amide bonds. The maximum Gasteiger partial charge on any atom is 0.275 e. The van der Waals surface area contributed by atoms with E-state index in [1.807, 2.05) is 6.92 Å². The van der Waals surface area contributed by atoms with E-state index in [-0.39, 0.29) is 16.6 Å². The largest absolute Gasteiger partial charge is 0.275 e. The summed E-state index contributed by atoms with van der Waals surface area (Å²) in [4.78, 5) is 11.7. The van der Waals surface area contributed by atoms with Crippen LogP contribution >= 0.6 is 0 Å². The Labute approximate surface area is 103 Å². The second-order valence-electron chi connectivity index (χ2n) is 4.04. The van der Waals surface area contributed by atoms with Gasteiger partial charge in [-0.15, -0.1) is 0 Å². The van der Waals surface area contributed by atoms with E-state index < -0.39 is 0 Å². The lowest BCUT2D eigenvalue weighted by Gasteiger charge is -2.03. The fraction of sp³-hybridized carbons (Fsp3) is 0.769. The summed E-state index contributed by atoms with van der Waals surface area (Å²) in [6.45, 7) is 8.42. The highest BCUT2D eigenvalue weighted by molar-refractivity contribution is 7.87. The summed E-state index contributed by atoms with van der Waals surface area (Å²) < 4.78 is 4.29. The number of hydrogen-bond acceptors (Lipinski definition) is 1. The third-order valence-corrected chi connectivity index (χ3v) is 4.31. The minimum Gasteiger partial charge on any atom is -0.267 e. The quantitative estimate of drug-likeness (QED) is 0.624. The van der Waals surface area contributed by atoms with E-state index in [9.17, 15) is 4.79 Å². The van der Waals surface area contributed by atoms with E-state index in [1.165, 1.54) is 0 Å². The topological polar surface area (TPSA) is 29.4 Å². The predicted octanol–water partition coefficient (Wildman–Crippen LogP) is 3.88. The lowest BCUT2D eigenvalue weighted by Crippen LogP contribution is -2.04. The van der Waals surface area contributed by atoms with Gasteiger partial charge in [0.15, 0.2) is 0 Å². The Hall–Kier alpha value is -0.440. The van der Waals surface area contributed by atoms with Gasteiger partial charge in [-0.05, 0) is 26.2 Å². The van der Waals surface area contributed by atoms with Crippen molar-refractivity contribution in [1.82, 2.24) is 0 Å². The van der Waals surface area contributed by atoms with Crippen LogP contribution in [-0.2, 0) is 15.5 Å². The summed E-state index contributed by atoms with van der Waals surface area (Å²) in [6, 6.07) is 0. The molecule has 0 N–H and O–H groups in total. The maximum absolute atomic E-state index is 11.7. The Morgan fingerprint density at radius 1 is 1.12 bits per heavy atom. The van der Waals surface area contributed by atoms with Gasteiger partial charge in [0.05, 0.1) is 0 Å². The molecule has 0 saturated heterocycles. The molecule has 0 atom stereocenters. The second-order valence-corrected chi connectivity index (χ2v) is 5.96. The first-order valence-corrected chi connectivity index (χ1v) is 7.76. The molecule has 0 aliphatic carbocycles. The molecule has 94 valence electrons. The van der Waals surface area contributed by atoms with Gasteiger partial charge < -0.3 is 0 Å². The van der Waals surface area contributed by atoms with E-state index >= 15 is 0 Å². The molecule has 0 unspecified atom stereocenters. The van der Waals surface area contributed by atoms with Crippen LogP contribution in [0.1, 0.15) is 53.4 Å². The first-order chi connectivity index (χ1) is 7.63. The highest BCUT2D eigenvalue weighted by Gasteiger charge is 2.00. The van der Waals surface area contributed by atoms with Crippen LogP contribution in [0.4, 0.5) is 0 Å². The van der Waals surface area contributed by atoms with Crippen LogP contribution in [0.15, 0.2) is 16.0 Å². The molecule has 0 bridgehead atoms. The van der Waals surface area contributed by atoms with Crippen LogP contribution < -0.4 is 0 Å². The van der Waals surface area contributed by atoms with Crippen LogP contribution in [0.25, 0.3) is 0 Å². The Morgan fingerprint density at radius 2 is 1.69 bits per heavy atom. The Balaban J connectivity index is 4.45. The zero-order chi connectivity index (χ0) is 12.4. The van der Waals surface area contributed by atoms with Crippen molar-refractivity contribution < 1.29 is 4.79 Å². The molecule has 2 nitrogen and oxygen atoms in total. The standard InChI is InChI=1S/C13H25NOS/c1-5-8-12(4)11-13(15)14-16(9-6-2)10-7-3/h11H,5-10H2,1-4H3. The van der Waals surface area contributed by atoms with Crippen molar-refractivity contribution >= 4 is 16.6 Å². The highest BCUT2D eigenvalue weighted by Crippen LogP contribution is 2.04. The molecule has 0 spiro atoms. The van der Waals surface area contributed by atoms with Gasteiger partial charge in [0, 0.05) is 17.6 Å². The fourth-order valence-electron chi connectivity index (χ4n) is 1.50. The molecular weight excluding hydrogens is 218 g/mol. The maximum atomic E-state index is 11.7. The normalized spacial score (nSPS) is 11.9. The monoisotopic (exact) mass is 243 g/mol. The first-order valence-electron chi connectivity index (χ1n) is 6.24. The lowest BCUT2D eigenvalue weighted by molar-refractivity contribution is -0.113. The van der Waals surface area contributed by atoms with Crippen molar-refractivity contribution in [1.29, 1.82) is 0 Å². The van der Waals surface area contributed by atoms with Crippen LogP contribution in [0.5, 0.6) is 0 Å². The van der Waals surface area contributed by atoms with Crippen LogP contribution in [0.2, 0.25) is 0 Å². The summed E-state index contributed by atoms with van der Waals surface area (Å²) in [5.41, 5.74) is 1.15. The molecule has 0 rings (SSSR count). The van der Waals surface area contributed by atoms with Crippen molar-refractivity contribution in [2.75, 3.05) is 11.5 Å². The van der Waals surface area contributed by atoms with Crippen molar-refractivity contribution in [2.45, 2.75) is 53.4 Å². The Bertz CT molecular complexity index is 261. The molecule has 0 heterocycles. The van der Waals surface area contributed by atoms with Crippen LogP contribution in [0.3, 0.4) is 0 Å². The number of rotatable bonds is 7. The predicted molar refractivity (Wildman–Crippen MR) is 73.8 cm³/mol. The van der Waals surface area contributed by atoms with Gasteiger partial charge in [0.1, 0.15) is 0 Å². The van der Waals surface area contributed by atoms with Gasteiger partial charge in [-0.25, -0.2) is 0 Å². The molecule has 0 aromatic heterocycles. The zero-order valence-corrected chi connectivity index (χ0v) is 11.9. The van der Waals surface area contributed by atoms with Gasteiger partial charge in [-0.3, -0.25) is 4.79 Å². The van der Waals surface area contributed by atoms with Crippen LogP contribution in [0, 0.1) is 0 Å². The number of amides is 1. The summed E-state index contributed by atoms with van der Waals surface area (Å²) in [6.07, 6.45) is 6.01. The summed E-state index contributed by atoms with van der Waals surface area (Å²) >= 11 is 0. The van der Waals surface area contributed by atoms with Gasteiger partial charge in [0.25, 0.3) is 5.91 Å². The average Bonchev–Trinajstić information content (AvgIpc) is 2.18. The molecule has 0 aliphatic rings. The average molecular weight is 243 g/mol. The smallest absolute Gasteiger partial charge is 0.267 e. The van der Waals surface area contributed by atoms with E-state index in [0.717, 1.165) is 42.8 Å². The van der Waals surface area contributed by atoms with Crippen molar-refractivity contribution in [3.05, 3.63) is 11.6 Å². The van der Waals surface area contributed by atoms with E-state index in [2.05, 4.69) is 25.1 Å². The molecule has 16 heavy (non-hydrogen) atoms. The molecule has 0 aliphatic heterocycles. The van der Waals surface area contributed by atoms with Crippen molar-refractivity contribution in [3.63, 3.8) is 0 Å². The Kier molecular flexibility index (Phi) is 9.49. The second kappa shape index (κ2) is 9.76. The van der Waals surface area contributed by atoms with Gasteiger partial charge in [-0.1, -0.05) is 43.5 Å².